The molecule has 1 atom stereocenters. The molecule has 1 saturated heterocycles. The summed E-state index contributed by atoms with van der Waals surface area (Å²) < 4.78 is 0. The van der Waals surface area contributed by atoms with Gasteiger partial charge in [-0.2, -0.15) is 0 Å². The van der Waals surface area contributed by atoms with Gasteiger partial charge in [0.15, 0.2) is 0 Å². The summed E-state index contributed by atoms with van der Waals surface area (Å²) in [5.74, 6) is 0.620. The van der Waals surface area contributed by atoms with Gasteiger partial charge in [-0.05, 0) is 30.5 Å². The number of piperazine rings is 1. The fourth-order valence-corrected chi connectivity index (χ4v) is 2.28. The zero-order valence-corrected chi connectivity index (χ0v) is 10.5. The van der Waals surface area contributed by atoms with Crippen molar-refractivity contribution < 1.29 is 0 Å². The summed E-state index contributed by atoms with van der Waals surface area (Å²) in [4.78, 5) is 2.49. The van der Waals surface area contributed by atoms with E-state index < -0.39 is 0 Å². The number of benzene rings is 1. The maximum atomic E-state index is 3.42. The van der Waals surface area contributed by atoms with Gasteiger partial charge in [0.1, 0.15) is 0 Å². The minimum atomic E-state index is 0.596. The second-order valence-electron chi connectivity index (χ2n) is 4.99. The van der Waals surface area contributed by atoms with E-state index in [1.165, 1.54) is 11.3 Å². The van der Waals surface area contributed by atoms with Crippen LogP contribution in [0.4, 0.5) is 5.69 Å². The zero-order valence-electron chi connectivity index (χ0n) is 10.5. The molecule has 1 aliphatic heterocycles. The van der Waals surface area contributed by atoms with Gasteiger partial charge in [-0.1, -0.05) is 26.0 Å². The predicted octanol–water partition coefficient (Wildman–Crippen LogP) is 2.61. The van der Waals surface area contributed by atoms with Crippen molar-refractivity contribution >= 4 is 5.69 Å². The summed E-state index contributed by atoms with van der Waals surface area (Å²) in [6.07, 6.45) is 0. The molecular formula is C14H22N2. The van der Waals surface area contributed by atoms with Crippen LogP contribution in [0.2, 0.25) is 0 Å². The van der Waals surface area contributed by atoms with Gasteiger partial charge in [-0.25, -0.2) is 0 Å². The van der Waals surface area contributed by atoms with E-state index in [0.29, 0.717) is 12.0 Å². The van der Waals surface area contributed by atoms with Gasteiger partial charge in [0, 0.05) is 31.4 Å². The molecule has 1 aromatic carbocycles. The molecule has 1 fully saturated rings. The molecule has 0 aromatic heterocycles. The van der Waals surface area contributed by atoms with Crippen LogP contribution in [0.15, 0.2) is 24.3 Å². The first-order chi connectivity index (χ1) is 7.68. The molecule has 2 heteroatoms. The standard InChI is InChI=1S/C14H22N2/c1-11(2)13-4-6-14(7-5-13)16-9-8-15-10-12(16)3/h4-7,11-12,15H,8-10H2,1-3H3/t12-/m1/s1. The molecule has 2 nitrogen and oxygen atoms in total. The summed E-state index contributed by atoms with van der Waals surface area (Å²) in [6, 6.07) is 9.64. The van der Waals surface area contributed by atoms with Gasteiger partial charge in [0.25, 0.3) is 0 Å². The first-order valence-electron chi connectivity index (χ1n) is 6.26. The Morgan fingerprint density at radius 2 is 1.94 bits per heavy atom. The van der Waals surface area contributed by atoms with Crippen LogP contribution in [-0.4, -0.2) is 25.7 Å². The molecule has 1 aliphatic rings. The average Bonchev–Trinajstić information content (AvgIpc) is 2.30. The summed E-state index contributed by atoms with van der Waals surface area (Å²) in [5.41, 5.74) is 2.78. The number of nitrogens with one attached hydrogen (secondary N) is 1. The molecule has 0 spiro atoms. The minimum Gasteiger partial charge on any atom is -0.366 e. The van der Waals surface area contributed by atoms with Crippen LogP contribution in [0.5, 0.6) is 0 Å². The van der Waals surface area contributed by atoms with Crippen molar-refractivity contribution in [2.75, 3.05) is 24.5 Å². The second kappa shape index (κ2) is 4.88. The smallest absolute Gasteiger partial charge is 0.0386 e. The Labute approximate surface area is 98.7 Å². The quantitative estimate of drug-likeness (QED) is 0.821. The molecular weight excluding hydrogens is 196 g/mol. The van der Waals surface area contributed by atoms with Crippen LogP contribution in [0.25, 0.3) is 0 Å². The number of anilines is 1. The second-order valence-corrected chi connectivity index (χ2v) is 4.99. The third-order valence-corrected chi connectivity index (χ3v) is 3.39. The number of nitrogens with zero attached hydrogens (tertiary/aromatic N) is 1. The minimum absolute atomic E-state index is 0.596. The lowest BCUT2D eigenvalue weighted by Crippen LogP contribution is -2.49. The third kappa shape index (κ3) is 2.38. The van der Waals surface area contributed by atoms with Crippen molar-refractivity contribution in [1.82, 2.24) is 5.32 Å². The van der Waals surface area contributed by atoms with Crippen molar-refractivity contribution in [3.8, 4) is 0 Å². The topological polar surface area (TPSA) is 15.3 Å². The Morgan fingerprint density at radius 1 is 1.25 bits per heavy atom. The fourth-order valence-electron chi connectivity index (χ4n) is 2.28. The fraction of sp³-hybridized carbons (Fsp3) is 0.571. The maximum absolute atomic E-state index is 3.42. The van der Waals surface area contributed by atoms with Crippen molar-refractivity contribution in [3.63, 3.8) is 0 Å². The average molecular weight is 218 g/mol. The summed E-state index contributed by atoms with van der Waals surface area (Å²) in [5, 5.41) is 3.42. The van der Waals surface area contributed by atoms with E-state index in [-0.39, 0.29) is 0 Å². The van der Waals surface area contributed by atoms with E-state index in [0.717, 1.165) is 19.6 Å². The molecule has 1 heterocycles. The van der Waals surface area contributed by atoms with Crippen LogP contribution in [0.3, 0.4) is 0 Å². The van der Waals surface area contributed by atoms with Gasteiger partial charge in [-0.15, -0.1) is 0 Å². The van der Waals surface area contributed by atoms with Crippen LogP contribution in [0, 0.1) is 0 Å². The highest BCUT2D eigenvalue weighted by Gasteiger charge is 2.17. The molecule has 0 unspecified atom stereocenters. The Hall–Kier alpha value is -1.02. The Morgan fingerprint density at radius 3 is 2.50 bits per heavy atom. The van der Waals surface area contributed by atoms with Gasteiger partial charge in [0.05, 0.1) is 0 Å². The number of hydrogen-bond donors (Lipinski definition) is 1. The molecule has 0 amide bonds. The summed E-state index contributed by atoms with van der Waals surface area (Å²) in [7, 11) is 0. The van der Waals surface area contributed by atoms with Gasteiger partial charge < -0.3 is 10.2 Å². The first kappa shape index (κ1) is 11.5. The number of hydrogen-bond acceptors (Lipinski definition) is 2. The van der Waals surface area contributed by atoms with E-state index in [4.69, 9.17) is 0 Å². The molecule has 16 heavy (non-hydrogen) atoms. The lowest BCUT2D eigenvalue weighted by Gasteiger charge is -2.36. The number of rotatable bonds is 2. The summed E-state index contributed by atoms with van der Waals surface area (Å²) in [6.45, 7) is 10.1. The largest absolute Gasteiger partial charge is 0.366 e. The SMILES string of the molecule is CC(C)c1ccc(N2CCNC[C@H]2C)cc1. The normalized spacial score (nSPS) is 21.5. The highest BCUT2D eigenvalue weighted by Crippen LogP contribution is 2.22. The van der Waals surface area contributed by atoms with Crippen molar-refractivity contribution in [2.24, 2.45) is 0 Å². The monoisotopic (exact) mass is 218 g/mol. The van der Waals surface area contributed by atoms with Gasteiger partial charge >= 0.3 is 0 Å². The van der Waals surface area contributed by atoms with Crippen LogP contribution < -0.4 is 10.2 Å². The van der Waals surface area contributed by atoms with E-state index in [1.54, 1.807) is 0 Å². The molecule has 2 rings (SSSR count). The molecule has 0 saturated carbocycles. The Bertz CT molecular complexity index is 329. The predicted molar refractivity (Wildman–Crippen MR) is 70.2 cm³/mol. The highest BCUT2D eigenvalue weighted by molar-refractivity contribution is 5.49. The van der Waals surface area contributed by atoms with Crippen molar-refractivity contribution in [2.45, 2.75) is 32.7 Å². The first-order valence-corrected chi connectivity index (χ1v) is 6.26. The van der Waals surface area contributed by atoms with E-state index in [9.17, 15) is 0 Å². The van der Waals surface area contributed by atoms with Crippen LogP contribution >= 0.6 is 0 Å². The Kier molecular flexibility index (Phi) is 3.49. The van der Waals surface area contributed by atoms with E-state index >= 15 is 0 Å². The van der Waals surface area contributed by atoms with Gasteiger partial charge in [0.2, 0.25) is 0 Å². The van der Waals surface area contributed by atoms with E-state index in [2.05, 4.69) is 55.3 Å². The van der Waals surface area contributed by atoms with Crippen molar-refractivity contribution in [1.29, 1.82) is 0 Å². The molecule has 1 aromatic rings. The molecule has 88 valence electrons. The summed E-state index contributed by atoms with van der Waals surface area (Å²) >= 11 is 0. The maximum Gasteiger partial charge on any atom is 0.0386 e. The molecule has 0 radical (unpaired) electrons. The third-order valence-electron chi connectivity index (χ3n) is 3.39. The van der Waals surface area contributed by atoms with Gasteiger partial charge in [-0.3, -0.25) is 0 Å². The molecule has 0 aliphatic carbocycles. The zero-order chi connectivity index (χ0) is 11.5. The lowest BCUT2D eigenvalue weighted by molar-refractivity contribution is 0.501. The highest BCUT2D eigenvalue weighted by atomic mass is 15.2. The molecule has 0 bridgehead atoms. The van der Waals surface area contributed by atoms with Crippen LogP contribution in [-0.2, 0) is 0 Å². The molecule has 1 N–H and O–H groups in total. The van der Waals surface area contributed by atoms with Crippen molar-refractivity contribution in [3.05, 3.63) is 29.8 Å². The Balaban J connectivity index is 2.14. The lowest BCUT2D eigenvalue weighted by atomic mass is 10.0. The van der Waals surface area contributed by atoms with Crippen LogP contribution in [0.1, 0.15) is 32.3 Å². The van der Waals surface area contributed by atoms with E-state index in [1.807, 2.05) is 0 Å².